The van der Waals surface area contributed by atoms with Gasteiger partial charge in [0.05, 0.1) is 12.8 Å². The maximum Gasteiger partial charge on any atom is 0.159 e. The second-order valence-corrected chi connectivity index (χ2v) is 6.63. The molecule has 0 unspecified atom stereocenters. The minimum Gasteiger partial charge on any atom is -0.497 e. The van der Waals surface area contributed by atoms with Crippen LogP contribution >= 0.6 is 11.6 Å². The van der Waals surface area contributed by atoms with Gasteiger partial charge in [-0.2, -0.15) is 5.10 Å². The third kappa shape index (κ3) is 4.02. The fourth-order valence-electron chi connectivity index (χ4n) is 2.89. The molecule has 0 amide bonds. The van der Waals surface area contributed by atoms with Gasteiger partial charge in [-0.05, 0) is 47.5 Å². The molecule has 4 aromatic rings. The first-order chi connectivity index (χ1) is 13.7. The van der Waals surface area contributed by atoms with Crippen LogP contribution in [0.5, 0.6) is 11.5 Å². The number of halogens is 1. The van der Waals surface area contributed by atoms with E-state index in [1.807, 2.05) is 85.1 Å². The molecular formula is C23H19ClN2O2. The van der Waals surface area contributed by atoms with E-state index in [9.17, 15) is 0 Å². The van der Waals surface area contributed by atoms with Gasteiger partial charge in [-0.15, -0.1) is 0 Å². The van der Waals surface area contributed by atoms with Crippen molar-refractivity contribution in [2.75, 3.05) is 7.11 Å². The van der Waals surface area contributed by atoms with Crippen LogP contribution in [0.15, 0.2) is 85.1 Å². The van der Waals surface area contributed by atoms with Crippen molar-refractivity contribution in [1.82, 2.24) is 9.78 Å². The molecule has 0 fully saturated rings. The van der Waals surface area contributed by atoms with Crippen molar-refractivity contribution < 1.29 is 9.47 Å². The van der Waals surface area contributed by atoms with Gasteiger partial charge in [0.25, 0.3) is 0 Å². The average molecular weight is 391 g/mol. The molecule has 0 saturated heterocycles. The number of rotatable bonds is 6. The lowest BCUT2D eigenvalue weighted by Crippen LogP contribution is -1.94. The normalized spacial score (nSPS) is 10.6. The van der Waals surface area contributed by atoms with E-state index in [-0.39, 0.29) is 0 Å². The lowest BCUT2D eigenvalue weighted by atomic mass is 10.1. The molecule has 140 valence electrons. The standard InChI is InChI=1S/C23H19ClN2O2/c1-27-20-13-9-19(10-14-20)26-15-22(23(24)25-26)18-7-11-21(12-8-18)28-16-17-5-3-2-4-6-17/h2-15H,16H2,1H3. The Morgan fingerprint density at radius 3 is 2.21 bits per heavy atom. The largest absolute Gasteiger partial charge is 0.497 e. The van der Waals surface area contributed by atoms with Gasteiger partial charge < -0.3 is 9.47 Å². The first-order valence-electron chi connectivity index (χ1n) is 8.90. The van der Waals surface area contributed by atoms with Crippen LogP contribution in [0.1, 0.15) is 5.56 Å². The van der Waals surface area contributed by atoms with Crippen molar-refractivity contribution >= 4 is 11.6 Å². The summed E-state index contributed by atoms with van der Waals surface area (Å²) >= 11 is 6.38. The van der Waals surface area contributed by atoms with E-state index < -0.39 is 0 Å². The summed E-state index contributed by atoms with van der Waals surface area (Å²) in [5, 5.41) is 4.87. The van der Waals surface area contributed by atoms with Crippen LogP contribution in [0.3, 0.4) is 0 Å². The molecule has 4 rings (SSSR count). The summed E-state index contributed by atoms with van der Waals surface area (Å²) in [5.41, 5.74) is 3.90. The van der Waals surface area contributed by atoms with Crippen LogP contribution in [0.4, 0.5) is 0 Å². The first kappa shape index (κ1) is 18.1. The Bertz CT molecular complexity index is 1040. The van der Waals surface area contributed by atoms with Crippen molar-refractivity contribution in [2.24, 2.45) is 0 Å². The number of methoxy groups -OCH3 is 1. The summed E-state index contributed by atoms with van der Waals surface area (Å²) in [6.45, 7) is 0.538. The van der Waals surface area contributed by atoms with E-state index in [0.717, 1.165) is 33.9 Å². The van der Waals surface area contributed by atoms with Gasteiger partial charge in [0, 0.05) is 11.8 Å². The first-order valence-corrected chi connectivity index (χ1v) is 9.27. The number of ether oxygens (including phenoxy) is 2. The lowest BCUT2D eigenvalue weighted by molar-refractivity contribution is 0.306. The molecule has 3 aromatic carbocycles. The minimum absolute atomic E-state index is 0.453. The predicted octanol–water partition coefficient (Wildman–Crippen LogP) is 5.78. The molecule has 0 spiro atoms. The van der Waals surface area contributed by atoms with Crippen molar-refractivity contribution in [3.05, 3.63) is 95.8 Å². The molecule has 4 nitrogen and oxygen atoms in total. The summed E-state index contributed by atoms with van der Waals surface area (Å²) in [6.07, 6.45) is 1.92. The van der Waals surface area contributed by atoms with Crippen molar-refractivity contribution in [1.29, 1.82) is 0 Å². The van der Waals surface area contributed by atoms with Crippen LogP contribution in [0.2, 0.25) is 5.15 Å². The Hall–Kier alpha value is -3.24. The smallest absolute Gasteiger partial charge is 0.159 e. The van der Waals surface area contributed by atoms with Crippen molar-refractivity contribution in [2.45, 2.75) is 6.61 Å². The van der Waals surface area contributed by atoms with Gasteiger partial charge >= 0.3 is 0 Å². The summed E-state index contributed by atoms with van der Waals surface area (Å²) < 4.78 is 12.8. The van der Waals surface area contributed by atoms with Gasteiger partial charge in [0.15, 0.2) is 5.15 Å². The third-order valence-electron chi connectivity index (χ3n) is 4.42. The zero-order chi connectivity index (χ0) is 19.3. The molecule has 1 aromatic heterocycles. The van der Waals surface area contributed by atoms with Crippen LogP contribution < -0.4 is 9.47 Å². The second kappa shape index (κ2) is 8.19. The Kier molecular flexibility index (Phi) is 5.31. The summed E-state index contributed by atoms with van der Waals surface area (Å²) in [5.74, 6) is 1.61. The van der Waals surface area contributed by atoms with Gasteiger partial charge in [-0.1, -0.05) is 54.1 Å². The quantitative estimate of drug-likeness (QED) is 0.418. The van der Waals surface area contributed by atoms with Crippen LogP contribution in [0, 0.1) is 0 Å². The molecule has 0 N–H and O–H groups in total. The zero-order valence-corrected chi connectivity index (χ0v) is 16.1. The van der Waals surface area contributed by atoms with E-state index in [1.165, 1.54) is 0 Å². The van der Waals surface area contributed by atoms with E-state index in [2.05, 4.69) is 5.10 Å². The average Bonchev–Trinajstić information content (AvgIpc) is 3.15. The van der Waals surface area contributed by atoms with Gasteiger partial charge in [0.2, 0.25) is 0 Å². The highest BCUT2D eigenvalue weighted by molar-refractivity contribution is 6.32. The fourth-order valence-corrected chi connectivity index (χ4v) is 3.12. The number of hydrogen-bond donors (Lipinski definition) is 0. The van der Waals surface area contributed by atoms with Gasteiger partial charge in [0.1, 0.15) is 18.1 Å². The van der Waals surface area contributed by atoms with Gasteiger partial charge in [-0.3, -0.25) is 0 Å². The summed E-state index contributed by atoms with van der Waals surface area (Å²) in [4.78, 5) is 0. The molecule has 0 saturated carbocycles. The Balaban J connectivity index is 1.50. The monoisotopic (exact) mass is 390 g/mol. The summed E-state index contributed by atoms with van der Waals surface area (Å²) in [6, 6.07) is 25.6. The Labute approximate surface area is 168 Å². The van der Waals surface area contributed by atoms with Crippen LogP contribution in [0.25, 0.3) is 16.8 Å². The molecule has 28 heavy (non-hydrogen) atoms. The van der Waals surface area contributed by atoms with E-state index in [0.29, 0.717) is 11.8 Å². The van der Waals surface area contributed by atoms with Crippen molar-refractivity contribution in [3.8, 4) is 28.3 Å². The lowest BCUT2D eigenvalue weighted by Gasteiger charge is -2.07. The van der Waals surface area contributed by atoms with Gasteiger partial charge in [-0.25, -0.2) is 4.68 Å². The highest BCUT2D eigenvalue weighted by Crippen LogP contribution is 2.30. The highest BCUT2D eigenvalue weighted by atomic mass is 35.5. The van der Waals surface area contributed by atoms with E-state index in [1.54, 1.807) is 11.8 Å². The van der Waals surface area contributed by atoms with E-state index >= 15 is 0 Å². The van der Waals surface area contributed by atoms with E-state index in [4.69, 9.17) is 21.1 Å². The molecule has 0 aliphatic rings. The maximum atomic E-state index is 6.38. The molecular weight excluding hydrogens is 372 g/mol. The topological polar surface area (TPSA) is 36.3 Å². The van der Waals surface area contributed by atoms with Crippen molar-refractivity contribution in [3.63, 3.8) is 0 Å². The highest BCUT2D eigenvalue weighted by Gasteiger charge is 2.11. The summed E-state index contributed by atoms with van der Waals surface area (Å²) in [7, 11) is 1.64. The van der Waals surface area contributed by atoms with Crippen LogP contribution in [-0.4, -0.2) is 16.9 Å². The second-order valence-electron chi connectivity index (χ2n) is 6.27. The predicted molar refractivity (Wildman–Crippen MR) is 111 cm³/mol. The Morgan fingerprint density at radius 1 is 0.857 bits per heavy atom. The number of benzene rings is 3. The van der Waals surface area contributed by atoms with Crippen LogP contribution in [-0.2, 0) is 6.61 Å². The minimum atomic E-state index is 0.453. The molecule has 0 radical (unpaired) electrons. The SMILES string of the molecule is COc1ccc(-n2cc(-c3ccc(OCc4ccccc4)cc3)c(Cl)n2)cc1. The number of aromatic nitrogens is 2. The molecule has 0 atom stereocenters. The third-order valence-corrected chi connectivity index (χ3v) is 4.70. The molecule has 0 aliphatic carbocycles. The molecule has 0 bridgehead atoms. The number of hydrogen-bond acceptors (Lipinski definition) is 3. The zero-order valence-electron chi connectivity index (χ0n) is 15.4. The molecule has 1 heterocycles. The molecule has 0 aliphatic heterocycles. The number of nitrogens with zero attached hydrogens (tertiary/aromatic N) is 2. The molecule has 5 heteroatoms. The maximum absolute atomic E-state index is 6.38. The Morgan fingerprint density at radius 2 is 1.54 bits per heavy atom. The fraction of sp³-hybridized carbons (Fsp3) is 0.0870.